The maximum absolute atomic E-state index is 13.4. The molecule has 0 bridgehead atoms. The smallest absolute Gasteiger partial charge is 0.234 e. The number of halogens is 1. The normalized spacial score (nSPS) is 17.1. The summed E-state index contributed by atoms with van der Waals surface area (Å²) in [5.74, 6) is -0.261. The molecule has 110 valence electrons. The molecule has 3 N–H and O–H groups in total. The van der Waals surface area contributed by atoms with Gasteiger partial charge in [-0.15, -0.1) is 0 Å². The first-order valence-electron chi connectivity index (χ1n) is 7.04. The molecule has 1 aliphatic heterocycles. The minimum atomic E-state index is -0.234. The Balaban J connectivity index is 1.76. The number of rotatable bonds is 4. The number of benzene rings is 1. The van der Waals surface area contributed by atoms with Gasteiger partial charge in [0.2, 0.25) is 5.91 Å². The Hall–Kier alpha value is -1.46. The highest BCUT2D eigenvalue weighted by Crippen LogP contribution is 2.09. The van der Waals surface area contributed by atoms with Gasteiger partial charge in [0.25, 0.3) is 0 Å². The van der Waals surface area contributed by atoms with Gasteiger partial charge >= 0.3 is 0 Å². The second-order valence-corrected chi connectivity index (χ2v) is 5.47. The zero-order valence-corrected chi connectivity index (χ0v) is 11.9. The van der Waals surface area contributed by atoms with E-state index < -0.39 is 0 Å². The second-order valence-electron chi connectivity index (χ2n) is 5.47. The van der Waals surface area contributed by atoms with E-state index in [0.29, 0.717) is 18.7 Å². The van der Waals surface area contributed by atoms with Crippen LogP contribution in [0.5, 0.6) is 0 Å². The van der Waals surface area contributed by atoms with Crippen LogP contribution < -0.4 is 11.1 Å². The Morgan fingerprint density at radius 2 is 2.15 bits per heavy atom. The molecular formula is C15H22FN3O. The van der Waals surface area contributed by atoms with E-state index in [1.165, 1.54) is 6.07 Å². The first kappa shape index (κ1) is 14.9. The zero-order valence-electron chi connectivity index (χ0n) is 11.9. The summed E-state index contributed by atoms with van der Waals surface area (Å²) in [5.41, 5.74) is 7.22. The SMILES string of the molecule is Cc1ccc(CNC(=O)CN2CCC(N)CC2)cc1F. The number of amides is 1. The summed E-state index contributed by atoms with van der Waals surface area (Å²) in [6.45, 7) is 4.21. The van der Waals surface area contributed by atoms with E-state index in [2.05, 4.69) is 10.2 Å². The fourth-order valence-electron chi connectivity index (χ4n) is 2.32. The van der Waals surface area contributed by atoms with Gasteiger partial charge in [-0.1, -0.05) is 12.1 Å². The molecule has 1 heterocycles. The average Bonchev–Trinajstić information content (AvgIpc) is 2.43. The third kappa shape index (κ3) is 4.28. The number of hydrogen-bond donors (Lipinski definition) is 2. The van der Waals surface area contributed by atoms with Crippen LogP contribution in [0.3, 0.4) is 0 Å². The predicted octanol–water partition coefficient (Wildman–Crippen LogP) is 1.17. The van der Waals surface area contributed by atoms with Crippen molar-refractivity contribution in [2.45, 2.75) is 32.4 Å². The van der Waals surface area contributed by atoms with Crippen molar-refractivity contribution in [1.29, 1.82) is 0 Å². The quantitative estimate of drug-likeness (QED) is 0.870. The van der Waals surface area contributed by atoms with Crippen molar-refractivity contribution in [3.63, 3.8) is 0 Å². The summed E-state index contributed by atoms with van der Waals surface area (Å²) in [4.78, 5) is 13.9. The van der Waals surface area contributed by atoms with Crippen molar-refractivity contribution in [1.82, 2.24) is 10.2 Å². The lowest BCUT2D eigenvalue weighted by Crippen LogP contribution is -2.44. The number of aryl methyl sites for hydroxylation is 1. The van der Waals surface area contributed by atoms with Crippen LogP contribution in [0.25, 0.3) is 0 Å². The lowest BCUT2D eigenvalue weighted by atomic mass is 10.1. The lowest BCUT2D eigenvalue weighted by molar-refractivity contribution is -0.122. The third-order valence-electron chi connectivity index (χ3n) is 3.73. The highest BCUT2D eigenvalue weighted by atomic mass is 19.1. The molecule has 0 radical (unpaired) electrons. The first-order valence-corrected chi connectivity index (χ1v) is 7.04. The molecule has 0 aromatic heterocycles. The van der Waals surface area contributed by atoms with Gasteiger partial charge in [0.05, 0.1) is 6.54 Å². The summed E-state index contributed by atoms with van der Waals surface area (Å²) in [7, 11) is 0. The molecule has 4 nitrogen and oxygen atoms in total. The molecule has 0 saturated carbocycles. The lowest BCUT2D eigenvalue weighted by Gasteiger charge is -2.29. The van der Waals surface area contributed by atoms with Gasteiger partial charge in [-0.05, 0) is 37.0 Å². The van der Waals surface area contributed by atoms with E-state index in [0.717, 1.165) is 31.5 Å². The van der Waals surface area contributed by atoms with Gasteiger partial charge in [0, 0.05) is 25.7 Å². The van der Waals surface area contributed by atoms with Gasteiger partial charge in [-0.25, -0.2) is 4.39 Å². The van der Waals surface area contributed by atoms with Crippen LogP contribution in [0.15, 0.2) is 18.2 Å². The Kier molecular flexibility index (Phi) is 5.09. The van der Waals surface area contributed by atoms with Crippen LogP contribution in [0.4, 0.5) is 4.39 Å². The minimum Gasteiger partial charge on any atom is -0.351 e. The van der Waals surface area contributed by atoms with E-state index in [4.69, 9.17) is 5.73 Å². The molecule has 1 aromatic carbocycles. The van der Waals surface area contributed by atoms with Crippen molar-refractivity contribution in [2.75, 3.05) is 19.6 Å². The molecule has 20 heavy (non-hydrogen) atoms. The number of carbonyl (C=O) groups is 1. The number of piperidine rings is 1. The van der Waals surface area contributed by atoms with Crippen LogP contribution >= 0.6 is 0 Å². The summed E-state index contributed by atoms with van der Waals surface area (Å²) < 4.78 is 13.4. The van der Waals surface area contributed by atoms with E-state index in [1.54, 1.807) is 13.0 Å². The molecule has 1 amide bonds. The van der Waals surface area contributed by atoms with Crippen molar-refractivity contribution >= 4 is 5.91 Å². The zero-order chi connectivity index (χ0) is 14.5. The first-order chi connectivity index (χ1) is 9.54. The number of carbonyl (C=O) groups excluding carboxylic acids is 1. The number of likely N-dealkylation sites (tertiary alicyclic amines) is 1. The van der Waals surface area contributed by atoms with Crippen LogP contribution in [-0.2, 0) is 11.3 Å². The van der Waals surface area contributed by atoms with Crippen molar-refractivity contribution in [3.8, 4) is 0 Å². The largest absolute Gasteiger partial charge is 0.351 e. The fraction of sp³-hybridized carbons (Fsp3) is 0.533. The third-order valence-corrected chi connectivity index (χ3v) is 3.73. The number of nitrogens with one attached hydrogen (secondary N) is 1. The molecule has 1 fully saturated rings. The summed E-state index contributed by atoms with van der Waals surface area (Å²) in [6.07, 6.45) is 1.88. The summed E-state index contributed by atoms with van der Waals surface area (Å²) in [6, 6.07) is 5.29. The molecule has 2 rings (SSSR count). The fourth-order valence-corrected chi connectivity index (χ4v) is 2.32. The Morgan fingerprint density at radius 3 is 2.80 bits per heavy atom. The van der Waals surface area contributed by atoms with Crippen LogP contribution in [-0.4, -0.2) is 36.5 Å². The summed E-state index contributed by atoms with van der Waals surface area (Å²) >= 11 is 0. The monoisotopic (exact) mass is 279 g/mol. The van der Waals surface area contributed by atoms with Gasteiger partial charge in [-0.3, -0.25) is 9.69 Å². The van der Waals surface area contributed by atoms with Crippen LogP contribution in [0, 0.1) is 12.7 Å². The van der Waals surface area contributed by atoms with Gasteiger partial charge in [0.15, 0.2) is 0 Å². The number of nitrogens with two attached hydrogens (primary N) is 1. The topological polar surface area (TPSA) is 58.4 Å². The molecule has 1 aromatic rings. The Labute approximate surface area is 119 Å². The van der Waals surface area contributed by atoms with Crippen molar-refractivity contribution < 1.29 is 9.18 Å². The molecule has 0 unspecified atom stereocenters. The van der Waals surface area contributed by atoms with Gasteiger partial charge in [-0.2, -0.15) is 0 Å². The average molecular weight is 279 g/mol. The highest BCUT2D eigenvalue weighted by Gasteiger charge is 2.17. The second kappa shape index (κ2) is 6.81. The van der Waals surface area contributed by atoms with Crippen molar-refractivity contribution in [2.24, 2.45) is 5.73 Å². The molecule has 0 atom stereocenters. The van der Waals surface area contributed by atoms with Gasteiger partial charge < -0.3 is 11.1 Å². The molecular weight excluding hydrogens is 257 g/mol. The maximum Gasteiger partial charge on any atom is 0.234 e. The van der Waals surface area contributed by atoms with E-state index in [1.807, 2.05) is 6.07 Å². The molecule has 1 aliphatic rings. The molecule has 1 saturated heterocycles. The highest BCUT2D eigenvalue weighted by molar-refractivity contribution is 5.78. The van der Waals surface area contributed by atoms with Crippen LogP contribution in [0.2, 0.25) is 0 Å². The molecule has 0 spiro atoms. The minimum absolute atomic E-state index is 0.0264. The van der Waals surface area contributed by atoms with Gasteiger partial charge in [0.1, 0.15) is 5.82 Å². The Morgan fingerprint density at radius 1 is 1.45 bits per heavy atom. The summed E-state index contributed by atoms with van der Waals surface area (Å²) in [5, 5.41) is 2.83. The van der Waals surface area contributed by atoms with Crippen molar-refractivity contribution in [3.05, 3.63) is 35.1 Å². The van der Waals surface area contributed by atoms with Crippen LogP contribution in [0.1, 0.15) is 24.0 Å². The number of nitrogens with zero attached hydrogens (tertiary/aromatic N) is 1. The maximum atomic E-state index is 13.4. The Bertz CT molecular complexity index is 470. The number of hydrogen-bond acceptors (Lipinski definition) is 3. The van der Waals surface area contributed by atoms with E-state index >= 15 is 0 Å². The molecule has 5 heteroatoms. The standard InChI is InChI=1S/C15H22FN3O/c1-11-2-3-12(8-14(11)16)9-18-15(20)10-19-6-4-13(17)5-7-19/h2-3,8,13H,4-7,9-10,17H2,1H3,(H,18,20). The molecule has 0 aliphatic carbocycles. The van der Waals surface area contributed by atoms with E-state index in [-0.39, 0.29) is 17.8 Å². The van der Waals surface area contributed by atoms with E-state index in [9.17, 15) is 9.18 Å². The predicted molar refractivity (Wildman–Crippen MR) is 76.6 cm³/mol.